The van der Waals surface area contributed by atoms with E-state index in [1.165, 1.54) is 18.5 Å². The van der Waals surface area contributed by atoms with E-state index in [1.807, 2.05) is 6.92 Å². The van der Waals surface area contributed by atoms with Gasteiger partial charge < -0.3 is 21.7 Å². The van der Waals surface area contributed by atoms with Crippen molar-refractivity contribution in [2.75, 3.05) is 23.0 Å². The van der Waals surface area contributed by atoms with E-state index in [1.54, 1.807) is 48.3 Å². The Morgan fingerprint density at radius 2 is 1.82 bits per heavy atom. The van der Waals surface area contributed by atoms with Crippen LogP contribution in [-0.2, 0) is 11.0 Å². The van der Waals surface area contributed by atoms with E-state index in [-0.39, 0.29) is 17.4 Å². The molecule has 0 saturated heterocycles. The average molecular weight is 553 g/mol. The largest absolute Gasteiger partial charge is 0.416 e. The number of benzene rings is 2. The molecule has 1 fully saturated rings. The molecule has 1 saturated carbocycles. The molecule has 0 unspecified atom stereocenters. The Morgan fingerprint density at radius 3 is 2.48 bits per heavy atom. The molecule has 10 nitrogen and oxygen atoms in total. The molecular weight excluding hydrogens is 525 g/mol. The number of carbonyl (C=O) groups excluding carboxylic acids is 2. The summed E-state index contributed by atoms with van der Waals surface area (Å²) in [6, 6.07) is 12.9. The van der Waals surface area contributed by atoms with Gasteiger partial charge in [0.25, 0.3) is 5.91 Å². The lowest BCUT2D eigenvalue weighted by Crippen LogP contribution is -2.14. The number of primary amides is 1. The number of hydrogen-bond acceptors (Lipinski definition) is 7. The van der Waals surface area contributed by atoms with E-state index in [2.05, 4.69) is 31.0 Å². The average Bonchev–Trinajstić information content (AvgIpc) is 3.70. The van der Waals surface area contributed by atoms with Gasteiger partial charge in [-0.2, -0.15) is 23.0 Å². The number of nitrogens with one attached hydrogen (secondary N) is 3. The van der Waals surface area contributed by atoms with Crippen LogP contribution in [0.4, 0.5) is 36.2 Å². The second kappa shape index (κ2) is 11.8. The molecule has 0 radical (unpaired) electrons. The first-order valence-electron chi connectivity index (χ1n) is 12.2. The zero-order valence-corrected chi connectivity index (χ0v) is 21.7. The van der Waals surface area contributed by atoms with Gasteiger partial charge in [-0.15, -0.1) is 0 Å². The molecule has 4 aromatic rings. The van der Waals surface area contributed by atoms with Crippen molar-refractivity contribution < 1.29 is 22.8 Å². The van der Waals surface area contributed by atoms with Gasteiger partial charge in [-0.25, -0.2) is 9.97 Å². The van der Waals surface area contributed by atoms with Gasteiger partial charge in [-0.3, -0.25) is 9.59 Å². The minimum Gasteiger partial charge on any atom is -0.373 e. The van der Waals surface area contributed by atoms with Crippen LogP contribution in [0.5, 0.6) is 0 Å². The third-order valence-corrected chi connectivity index (χ3v) is 5.96. The number of rotatable bonds is 7. The van der Waals surface area contributed by atoms with Gasteiger partial charge in [0, 0.05) is 42.0 Å². The second-order valence-corrected chi connectivity index (χ2v) is 9.00. The number of alkyl halides is 3. The maximum absolute atomic E-state index is 13.0. The number of carbonyl (C=O) groups is 2. The van der Waals surface area contributed by atoms with Gasteiger partial charge >= 0.3 is 6.18 Å². The van der Waals surface area contributed by atoms with Crippen molar-refractivity contribution in [3.63, 3.8) is 0 Å². The van der Waals surface area contributed by atoms with Crippen LogP contribution in [0.2, 0.25) is 0 Å². The fraction of sp³-hybridized carbons (Fsp3) is 0.222. The first-order valence-corrected chi connectivity index (χ1v) is 12.2. The highest BCUT2D eigenvalue weighted by Gasteiger charge is 2.31. The van der Waals surface area contributed by atoms with Gasteiger partial charge in [0.2, 0.25) is 5.91 Å². The third-order valence-electron chi connectivity index (χ3n) is 5.96. The number of aromatic nitrogens is 4. The number of nitrogens with zero attached hydrogens (tertiary/aromatic N) is 4. The molecule has 2 aromatic heterocycles. The molecule has 0 atom stereocenters. The lowest BCUT2D eigenvalue weighted by Gasteiger charge is -2.14. The normalized spacial score (nSPS) is 12.6. The van der Waals surface area contributed by atoms with E-state index in [4.69, 9.17) is 5.73 Å². The number of hydrogen-bond donors (Lipinski definition) is 4. The van der Waals surface area contributed by atoms with Crippen molar-refractivity contribution in [2.24, 2.45) is 11.7 Å². The highest BCUT2D eigenvalue weighted by molar-refractivity contribution is 6.04. The Bertz CT molecular complexity index is 1520. The van der Waals surface area contributed by atoms with E-state index in [0.717, 1.165) is 30.5 Å². The van der Waals surface area contributed by atoms with E-state index in [0.29, 0.717) is 28.8 Å². The second-order valence-electron chi connectivity index (χ2n) is 9.00. The summed E-state index contributed by atoms with van der Waals surface area (Å²) >= 11 is 0. The summed E-state index contributed by atoms with van der Waals surface area (Å²) in [4.78, 5) is 30.9. The van der Waals surface area contributed by atoms with Crippen LogP contribution in [0, 0.1) is 12.8 Å². The summed E-state index contributed by atoms with van der Waals surface area (Å²) in [5, 5.41) is 13.2. The highest BCUT2D eigenvalue weighted by Crippen LogP contribution is 2.30. The topological polar surface area (TPSA) is 140 Å². The van der Waals surface area contributed by atoms with Crippen LogP contribution in [-0.4, -0.2) is 38.6 Å². The minimum absolute atomic E-state index is 0.0907. The van der Waals surface area contributed by atoms with Gasteiger partial charge in [-0.05, 0) is 55.7 Å². The maximum atomic E-state index is 13.0. The molecule has 5 rings (SSSR count). The Kier molecular flexibility index (Phi) is 8.31. The van der Waals surface area contributed by atoms with Gasteiger partial charge in [0.1, 0.15) is 18.0 Å². The fourth-order valence-corrected chi connectivity index (χ4v) is 3.56. The molecule has 0 aliphatic heterocycles. The molecule has 0 spiro atoms. The zero-order valence-electron chi connectivity index (χ0n) is 21.7. The van der Waals surface area contributed by atoms with Gasteiger partial charge in [0.05, 0.1) is 11.8 Å². The molecule has 1 aliphatic carbocycles. The Balaban J connectivity index is 0.000000546. The molecule has 2 heterocycles. The summed E-state index contributed by atoms with van der Waals surface area (Å²) in [7, 11) is 1.75. The predicted molar refractivity (Wildman–Crippen MR) is 144 cm³/mol. The zero-order chi connectivity index (χ0) is 28.9. The standard InChI is InChI=1S/C23H20F3N7O.C4H7NO/c1-14-6-7-17(31-22(34)15-4-3-5-16(10-15)23(24,25)26)11-18(14)32-20-8-9-30-33(20)21-12-19(27-2)28-13-29-21;5-4(6)3-1-2-3/h3-13,32H,1-2H3,(H,31,34)(H,27,28,29);3H,1-2H2,(H2,5,6). The number of aryl methyl sites for hydroxylation is 1. The lowest BCUT2D eigenvalue weighted by atomic mass is 10.1. The van der Waals surface area contributed by atoms with Crippen LogP contribution in [0.1, 0.15) is 34.3 Å². The summed E-state index contributed by atoms with van der Waals surface area (Å²) in [5.74, 6) is 1.25. The molecule has 13 heteroatoms. The molecule has 1 aliphatic rings. The van der Waals surface area contributed by atoms with Gasteiger partial charge in [0.15, 0.2) is 5.82 Å². The first-order chi connectivity index (χ1) is 19.0. The van der Waals surface area contributed by atoms with E-state index >= 15 is 0 Å². The van der Waals surface area contributed by atoms with Crippen LogP contribution in [0.25, 0.3) is 5.82 Å². The molecule has 2 amide bonds. The summed E-state index contributed by atoms with van der Waals surface area (Å²) in [6.45, 7) is 1.88. The van der Waals surface area contributed by atoms with Crippen molar-refractivity contribution in [1.29, 1.82) is 0 Å². The van der Waals surface area contributed by atoms with Crippen LogP contribution >= 0.6 is 0 Å². The molecule has 2 aromatic carbocycles. The predicted octanol–water partition coefficient (Wildman–Crippen LogP) is 4.91. The smallest absolute Gasteiger partial charge is 0.373 e. The number of halogens is 3. The van der Waals surface area contributed by atoms with E-state index in [9.17, 15) is 22.8 Å². The monoisotopic (exact) mass is 552 g/mol. The molecule has 0 bridgehead atoms. The summed E-state index contributed by atoms with van der Waals surface area (Å²) in [6.07, 6.45) is 0.544. The molecular formula is C27H27F3N8O2. The quantitative estimate of drug-likeness (QED) is 0.255. The lowest BCUT2D eigenvalue weighted by molar-refractivity contribution is -0.137. The van der Waals surface area contributed by atoms with Crippen LogP contribution < -0.4 is 21.7 Å². The molecule has 5 N–H and O–H groups in total. The molecule has 208 valence electrons. The van der Waals surface area contributed by atoms with E-state index < -0.39 is 17.6 Å². The molecule has 40 heavy (non-hydrogen) atoms. The Morgan fingerprint density at radius 1 is 1.05 bits per heavy atom. The van der Waals surface area contributed by atoms with Crippen molar-refractivity contribution >= 4 is 34.8 Å². The van der Waals surface area contributed by atoms with Crippen molar-refractivity contribution in [3.8, 4) is 5.82 Å². The fourth-order valence-electron chi connectivity index (χ4n) is 3.56. The minimum atomic E-state index is -4.53. The van der Waals surface area contributed by atoms with Gasteiger partial charge in [-0.1, -0.05) is 12.1 Å². The SMILES string of the molecule is CNc1cc(-n2nccc2Nc2cc(NC(=O)c3cccc(C(F)(F)F)c3)ccc2C)ncn1.NC(=O)C1CC1. The number of nitrogens with two attached hydrogens (primary N) is 1. The van der Waals surface area contributed by atoms with Crippen molar-refractivity contribution in [2.45, 2.75) is 25.9 Å². The number of anilines is 4. The third kappa shape index (κ3) is 7.12. The van der Waals surface area contributed by atoms with Crippen molar-refractivity contribution in [3.05, 3.63) is 83.8 Å². The summed E-state index contributed by atoms with van der Waals surface area (Å²) in [5.41, 5.74) is 5.85. The summed E-state index contributed by atoms with van der Waals surface area (Å²) < 4.78 is 40.5. The van der Waals surface area contributed by atoms with Crippen molar-refractivity contribution in [1.82, 2.24) is 19.7 Å². The number of amides is 2. The maximum Gasteiger partial charge on any atom is 0.416 e. The van der Waals surface area contributed by atoms with Crippen LogP contribution in [0.3, 0.4) is 0 Å². The first kappa shape index (κ1) is 28.1. The Labute approximate surface area is 227 Å². The Hall–Kier alpha value is -4.94. The van der Waals surface area contributed by atoms with Crippen LogP contribution in [0.15, 0.2) is 67.1 Å². The highest BCUT2D eigenvalue weighted by atomic mass is 19.4.